The standard InChI is InChI=1S/C20H22FN3O3/c1-12-2-3-14(15-8-16(21)11-22-10-15)9-18(12)24-20(27)23-17-6-4-13(5-7-17)19(25)26/h2-3,8-11,13,17H,4-7H2,1H3,(H,25,26)(H2,23,24,27). The molecule has 0 atom stereocenters. The van der Waals surface area contributed by atoms with Crippen molar-refractivity contribution in [3.63, 3.8) is 0 Å². The van der Waals surface area contributed by atoms with E-state index in [4.69, 9.17) is 5.11 Å². The van der Waals surface area contributed by atoms with Crippen LogP contribution in [0.15, 0.2) is 36.7 Å². The maximum atomic E-state index is 13.4. The molecule has 0 spiro atoms. The van der Waals surface area contributed by atoms with E-state index in [9.17, 15) is 14.0 Å². The fourth-order valence-electron chi connectivity index (χ4n) is 3.33. The second kappa shape index (κ2) is 8.16. The van der Waals surface area contributed by atoms with Gasteiger partial charge in [0.1, 0.15) is 5.82 Å². The summed E-state index contributed by atoms with van der Waals surface area (Å²) < 4.78 is 13.4. The summed E-state index contributed by atoms with van der Waals surface area (Å²) in [6.07, 6.45) is 5.15. The highest BCUT2D eigenvalue weighted by molar-refractivity contribution is 5.91. The Morgan fingerprint density at radius 1 is 1.11 bits per heavy atom. The molecule has 0 saturated heterocycles. The van der Waals surface area contributed by atoms with Crippen LogP contribution in [0.5, 0.6) is 0 Å². The molecule has 7 heteroatoms. The molecule has 3 N–H and O–H groups in total. The van der Waals surface area contributed by atoms with Crippen LogP contribution in [0.1, 0.15) is 31.2 Å². The Bertz CT molecular complexity index is 848. The minimum Gasteiger partial charge on any atom is -0.481 e. The van der Waals surface area contributed by atoms with Crippen LogP contribution in [0, 0.1) is 18.7 Å². The van der Waals surface area contributed by atoms with Crippen LogP contribution >= 0.6 is 0 Å². The van der Waals surface area contributed by atoms with Crippen molar-refractivity contribution in [1.29, 1.82) is 0 Å². The Kier molecular flexibility index (Phi) is 5.69. The summed E-state index contributed by atoms with van der Waals surface area (Å²) in [5.41, 5.74) is 2.90. The molecule has 3 rings (SSSR count). The molecule has 2 aromatic rings. The number of nitrogens with one attached hydrogen (secondary N) is 2. The summed E-state index contributed by atoms with van der Waals surface area (Å²) in [7, 11) is 0. The number of hydrogen-bond acceptors (Lipinski definition) is 3. The number of aliphatic carboxylic acids is 1. The molecule has 0 aliphatic heterocycles. The molecule has 0 unspecified atom stereocenters. The first-order chi connectivity index (χ1) is 12.9. The highest BCUT2D eigenvalue weighted by atomic mass is 19.1. The van der Waals surface area contributed by atoms with E-state index in [-0.39, 0.29) is 18.0 Å². The van der Waals surface area contributed by atoms with Gasteiger partial charge in [0.25, 0.3) is 0 Å². The Morgan fingerprint density at radius 3 is 2.52 bits per heavy atom. The molecule has 1 fully saturated rings. The largest absolute Gasteiger partial charge is 0.481 e. The molecule has 1 aliphatic carbocycles. The number of carbonyl (C=O) groups excluding carboxylic acids is 1. The molecule has 142 valence electrons. The minimum atomic E-state index is -0.767. The third-order valence-electron chi connectivity index (χ3n) is 4.94. The smallest absolute Gasteiger partial charge is 0.319 e. The molecule has 6 nitrogen and oxygen atoms in total. The van der Waals surface area contributed by atoms with Gasteiger partial charge in [-0.15, -0.1) is 0 Å². The van der Waals surface area contributed by atoms with Crippen molar-refractivity contribution in [1.82, 2.24) is 10.3 Å². The lowest BCUT2D eigenvalue weighted by Gasteiger charge is -2.27. The number of pyridine rings is 1. The van der Waals surface area contributed by atoms with Gasteiger partial charge in [-0.25, -0.2) is 9.18 Å². The van der Waals surface area contributed by atoms with Crippen LogP contribution in [0.4, 0.5) is 14.9 Å². The maximum absolute atomic E-state index is 13.4. The van der Waals surface area contributed by atoms with Gasteiger partial charge in [-0.3, -0.25) is 9.78 Å². The highest BCUT2D eigenvalue weighted by Gasteiger charge is 2.26. The van der Waals surface area contributed by atoms with Crippen LogP contribution in [-0.2, 0) is 4.79 Å². The Hall–Kier alpha value is -2.96. The first kappa shape index (κ1) is 18.8. The summed E-state index contributed by atoms with van der Waals surface area (Å²) in [6, 6.07) is 6.52. The van der Waals surface area contributed by atoms with Gasteiger partial charge in [0.05, 0.1) is 12.1 Å². The summed E-state index contributed by atoms with van der Waals surface area (Å²) in [4.78, 5) is 27.2. The summed E-state index contributed by atoms with van der Waals surface area (Å²) in [5.74, 6) is -1.50. The fourth-order valence-corrected chi connectivity index (χ4v) is 3.33. The number of anilines is 1. The van der Waals surface area contributed by atoms with Gasteiger partial charge < -0.3 is 15.7 Å². The first-order valence-electron chi connectivity index (χ1n) is 8.94. The van der Waals surface area contributed by atoms with Crippen molar-refractivity contribution >= 4 is 17.7 Å². The van der Waals surface area contributed by atoms with E-state index in [1.54, 1.807) is 12.3 Å². The van der Waals surface area contributed by atoms with E-state index in [0.29, 0.717) is 36.9 Å². The van der Waals surface area contributed by atoms with Gasteiger partial charge >= 0.3 is 12.0 Å². The van der Waals surface area contributed by atoms with Crippen LogP contribution in [0.3, 0.4) is 0 Å². The SMILES string of the molecule is Cc1ccc(-c2cncc(F)c2)cc1NC(=O)NC1CCC(C(=O)O)CC1. The minimum absolute atomic E-state index is 0.0310. The number of carboxylic acids is 1. The molecule has 1 aliphatic rings. The molecule has 1 saturated carbocycles. The number of amides is 2. The summed E-state index contributed by atoms with van der Waals surface area (Å²) in [6.45, 7) is 1.88. The zero-order valence-corrected chi connectivity index (χ0v) is 15.0. The molecule has 0 radical (unpaired) electrons. The number of carboxylic acid groups (broad SMARTS) is 1. The normalized spacial score (nSPS) is 19.3. The Balaban J connectivity index is 1.64. The van der Waals surface area contributed by atoms with Crippen molar-refractivity contribution < 1.29 is 19.1 Å². The second-order valence-corrected chi connectivity index (χ2v) is 6.91. The van der Waals surface area contributed by atoms with E-state index in [2.05, 4.69) is 15.6 Å². The van der Waals surface area contributed by atoms with Crippen molar-refractivity contribution in [3.05, 3.63) is 48.0 Å². The molecular weight excluding hydrogens is 349 g/mol. The summed E-state index contributed by atoms with van der Waals surface area (Å²) in [5, 5.41) is 14.8. The molecule has 27 heavy (non-hydrogen) atoms. The zero-order valence-electron chi connectivity index (χ0n) is 15.0. The number of carbonyl (C=O) groups is 2. The van der Waals surface area contributed by atoms with Crippen LogP contribution in [0.25, 0.3) is 11.1 Å². The van der Waals surface area contributed by atoms with Gasteiger partial charge in [-0.1, -0.05) is 12.1 Å². The molecule has 0 bridgehead atoms. The van der Waals surface area contributed by atoms with Crippen LogP contribution in [-0.4, -0.2) is 28.1 Å². The monoisotopic (exact) mass is 371 g/mol. The average molecular weight is 371 g/mol. The second-order valence-electron chi connectivity index (χ2n) is 6.91. The van der Waals surface area contributed by atoms with E-state index in [1.807, 2.05) is 19.1 Å². The number of urea groups is 1. The van der Waals surface area contributed by atoms with E-state index < -0.39 is 11.8 Å². The van der Waals surface area contributed by atoms with Gasteiger partial charge in [0.2, 0.25) is 0 Å². The van der Waals surface area contributed by atoms with E-state index in [0.717, 1.165) is 17.3 Å². The van der Waals surface area contributed by atoms with Gasteiger partial charge in [0.15, 0.2) is 0 Å². The third kappa shape index (κ3) is 4.81. The first-order valence-corrected chi connectivity index (χ1v) is 8.94. The molecule has 1 aromatic heterocycles. The molecule has 1 aromatic carbocycles. The van der Waals surface area contributed by atoms with Crippen molar-refractivity contribution in [2.45, 2.75) is 38.6 Å². The zero-order chi connectivity index (χ0) is 19.4. The van der Waals surface area contributed by atoms with E-state index >= 15 is 0 Å². The van der Waals surface area contributed by atoms with Crippen molar-refractivity contribution in [2.75, 3.05) is 5.32 Å². The lowest BCUT2D eigenvalue weighted by Crippen LogP contribution is -2.41. The van der Waals surface area contributed by atoms with Gasteiger partial charge in [0, 0.05) is 23.5 Å². The number of benzene rings is 1. The lowest BCUT2D eigenvalue weighted by molar-refractivity contribution is -0.142. The number of nitrogens with zero attached hydrogens (tertiary/aromatic N) is 1. The topological polar surface area (TPSA) is 91.3 Å². The summed E-state index contributed by atoms with van der Waals surface area (Å²) >= 11 is 0. The highest BCUT2D eigenvalue weighted by Crippen LogP contribution is 2.26. The number of halogens is 1. The number of aryl methyl sites for hydroxylation is 1. The average Bonchev–Trinajstić information content (AvgIpc) is 2.64. The molecule has 1 heterocycles. The molecule has 2 amide bonds. The Morgan fingerprint density at radius 2 is 1.85 bits per heavy atom. The molecular formula is C20H22FN3O3. The Labute approximate surface area is 156 Å². The van der Waals surface area contributed by atoms with Crippen molar-refractivity contribution in [3.8, 4) is 11.1 Å². The predicted molar refractivity (Wildman–Crippen MR) is 99.9 cm³/mol. The lowest BCUT2D eigenvalue weighted by atomic mass is 9.86. The fraction of sp³-hybridized carbons (Fsp3) is 0.350. The quantitative estimate of drug-likeness (QED) is 0.759. The number of rotatable bonds is 4. The predicted octanol–water partition coefficient (Wildman–Crippen LogP) is 3.96. The van der Waals surface area contributed by atoms with Crippen LogP contribution in [0.2, 0.25) is 0 Å². The third-order valence-corrected chi connectivity index (χ3v) is 4.94. The van der Waals surface area contributed by atoms with Gasteiger partial charge in [-0.05, 0) is 55.9 Å². The van der Waals surface area contributed by atoms with Crippen molar-refractivity contribution in [2.24, 2.45) is 5.92 Å². The maximum Gasteiger partial charge on any atom is 0.319 e. The number of hydrogen-bond donors (Lipinski definition) is 3. The number of aromatic nitrogens is 1. The van der Waals surface area contributed by atoms with Crippen LogP contribution < -0.4 is 10.6 Å². The van der Waals surface area contributed by atoms with E-state index in [1.165, 1.54) is 6.07 Å². The van der Waals surface area contributed by atoms with Gasteiger partial charge in [-0.2, -0.15) is 0 Å².